The van der Waals surface area contributed by atoms with Gasteiger partial charge in [0.15, 0.2) is 0 Å². The molecule has 0 spiro atoms. The number of hydrogen-bond acceptors (Lipinski definition) is 2. The van der Waals surface area contributed by atoms with Gasteiger partial charge in [-0.3, -0.25) is 0 Å². The molecule has 2 aromatic rings. The number of nitrogens with zero attached hydrogens (tertiary/aromatic N) is 2. The van der Waals surface area contributed by atoms with E-state index in [0.717, 1.165) is 11.4 Å². The van der Waals surface area contributed by atoms with E-state index in [-0.39, 0.29) is 6.04 Å². The number of rotatable bonds is 3. The molecule has 0 radical (unpaired) electrons. The summed E-state index contributed by atoms with van der Waals surface area (Å²) < 4.78 is 1.96. The molecule has 0 fully saturated rings. The highest BCUT2D eigenvalue weighted by Gasteiger charge is 2.19. The average molecular weight is 270 g/mol. The van der Waals surface area contributed by atoms with E-state index < -0.39 is 0 Å². The van der Waals surface area contributed by atoms with Crippen LogP contribution in [0.25, 0.3) is 0 Å². The molecular formula is C12H13Cl2N3. The second-order valence-electron chi connectivity index (χ2n) is 3.78. The summed E-state index contributed by atoms with van der Waals surface area (Å²) in [5.41, 5.74) is 0.927. The van der Waals surface area contributed by atoms with Crippen molar-refractivity contribution in [3.8, 4) is 0 Å². The van der Waals surface area contributed by atoms with Gasteiger partial charge in [-0.15, -0.1) is 0 Å². The van der Waals surface area contributed by atoms with Crippen molar-refractivity contribution in [2.75, 3.05) is 7.05 Å². The Balaban J connectivity index is 2.49. The van der Waals surface area contributed by atoms with Crippen LogP contribution < -0.4 is 5.32 Å². The second kappa shape index (κ2) is 5.08. The van der Waals surface area contributed by atoms with E-state index in [1.165, 1.54) is 0 Å². The van der Waals surface area contributed by atoms with Crippen LogP contribution in [0, 0.1) is 0 Å². The van der Waals surface area contributed by atoms with Crippen LogP contribution in [0.5, 0.6) is 0 Å². The van der Waals surface area contributed by atoms with Gasteiger partial charge in [-0.2, -0.15) is 0 Å². The van der Waals surface area contributed by atoms with Crippen LogP contribution in [0.15, 0.2) is 30.6 Å². The highest BCUT2D eigenvalue weighted by molar-refractivity contribution is 6.33. The van der Waals surface area contributed by atoms with E-state index in [4.69, 9.17) is 23.2 Å². The third kappa shape index (κ3) is 2.46. The summed E-state index contributed by atoms with van der Waals surface area (Å²) in [6.07, 6.45) is 3.66. The Labute approximate surface area is 110 Å². The lowest BCUT2D eigenvalue weighted by Gasteiger charge is -2.18. The molecule has 1 heterocycles. The van der Waals surface area contributed by atoms with Crippen molar-refractivity contribution in [3.05, 3.63) is 52.0 Å². The number of imidazole rings is 1. The molecule has 1 aromatic carbocycles. The second-order valence-corrected chi connectivity index (χ2v) is 4.63. The van der Waals surface area contributed by atoms with Crippen LogP contribution in [-0.4, -0.2) is 16.6 Å². The molecule has 3 nitrogen and oxygen atoms in total. The summed E-state index contributed by atoms with van der Waals surface area (Å²) in [6, 6.07) is 5.37. The van der Waals surface area contributed by atoms with Crippen LogP contribution in [-0.2, 0) is 7.05 Å². The molecule has 2 rings (SSSR count). The lowest BCUT2D eigenvalue weighted by molar-refractivity contribution is 0.617. The molecule has 90 valence electrons. The molecule has 1 aromatic heterocycles. The normalized spacial score (nSPS) is 12.7. The van der Waals surface area contributed by atoms with Crippen molar-refractivity contribution in [1.82, 2.24) is 14.9 Å². The predicted molar refractivity (Wildman–Crippen MR) is 70.6 cm³/mol. The number of halogens is 2. The Morgan fingerprint density at radius 1 is 1.35 bits per heavy atom. The first-order valence-electron chi connectivity index (χ1n) is 5.23. The van der Waals surface area contributed by atoms with E-state index >= 15 is 0 Å². The van der Waals surface area contributed by atoms with Gasteiger partial charge in [0, 0.05) is 29.5 Å². The van der Waals surface area contributed by atoms with Crippen LogP contribution in [0.3, 0.4) is 0 Å². The molecule has 0 aliphatic heterocycles. The van der Waals surface area contributed by atoms with Gasteiger partial charge in [0.2, 0.25) is 0 Å². The van der Waals surface area contributed by atoms with E-state index in [9.17, 15) is 0 Å². The molecule has 0 amide bonds. The zero-order valence-corrected chi connectivity index (χ0v) is 11.1. The minimum absolute atomic E-state index is 0.0683. The zero-order chi connectivity index (χ0) is 12.4. The Morgan fingerprint density at radius 3 is 2.71 bits per heavy atom. The highest BCUT2D eigenvalue weighted by atomic mass is 35.5. The quantitative estimate of drug-likeness (QED) is 0.929. The molecule has 0 saturated carbocycles. The molecule has 1 N–H and O–H groups in total. The van der Waals surface area contributed by atoms with Crippen LogP contribution in [0.4, 0.5) is 0 Å². The van der Waals surface area contributed by atoms with Crippen molar-refractivity contribution in [1.29, 1.82) is 0 Å². The van der Waals surface area contributed by atoms with E-state index in [2.05, 4.69) is 10.3 Å². The number of hydrogen-bond donors (Lipinski definition) is 1. The van der Waals surface area contributed by atoms with E-state index in [1.54, 1.807) is 18.3 Å². The molecule has 0 aliphatic rings. The van der Waals surface area contributed by atoms with E-state index in [0.29, 0.717) is 10.0 Å². The monoisotopic (exact) mass is 269 g/mol. The number of aryl methyl sites for hydroxylation is 1. The van der Waals surface area contributed by atoms with Crippen LogP contribution >= 0.6 is 23.2 Å². The van der Waals surface area contributed by atoms with Gasteiger partial charge < -0.3 is 9.88 Å². The maximum Gasteiger partial charge on any atom is 0.130 e. The standard InChI is InChI=1S/C12H13Cl2N3/c1-15-11(12-16-5-6-17(12)2)9-7-8(13)3-4-10(9)14/h3-7,11,15H,1-2H3. The first-order valence-corrected chi connectivity index (χ1v) is 5.98. The molecule has 1 unspecified atom stereocenters. The Morgan fingerprint density at radius 2 is 2.12 bits per heavy atom. The molecular weight excluding hydrogens is 257 g/mol. The molecule has 1 atom stereocenters. The molecule has 5 heteroatoms. The molecule has 0 aliphatic carbocycles. The summed E-state index contributed by atoms with van der Waals surface area (Å²) >= 11 is 12.2. The largest absolute Gasteiger partial charge is 0.336 e. The van der Waals surface area contributed by atoms with Gasteiger partial charge in [-0.25, -0.2) is 4.98 Å². The van der Waals surface area contributed by atoms with Crippen molar-refractivity contribution < 1.29 is 0 Å². The summed E-state index contributed by atoms with van der Waals surface area (Å²) in [5, 5.41) is 4.55. The molecule has 0 saturated heterocycles. The topological polar surface area (TPSA) is 29.9 Å². The maximum atomic E-state index is 6.20. The number of benzene rings is 1. The minimum atomic E-state index is -0.0683. The Bertz CT molecular complexity index is 522. The van der Waals surface area contributed by atoms with Gasteiger partial charge in [-0.1, -0.05) is 23.2 Å². The zero-order valence-electron chi connectivity index (χ0n) is 9.61. The summed E-state index contributed by atoms with van der Waals surface area (Å²) in [7, 11) is 3.82. The third-order valence-corrected chi connectivity index (χ3v) is 3.25. The first-order chi connectivity index (χ1) is 8.13. The lowest BCUT2D eigenvalue weighted by atomic mass is 10.1. The first kappa shape index (κ1) is 12.4. The van der Waals surface area contributed by atoms with Gasteiger partial charge >= 0.3 is 0 Å². The van der Waals surface area contributed by atoms with Gasteiger partial charge in [0.05, 0.1) is 6.04 Å². The fourth-order valence-electron chi connectivity index (χ4n) is 1.81. The smallest absolute Gasteiger partial charge is 0.130 e. The maximum absolute atomic E-state index is 6.20. The van der Waals surface area contributed by atoms with E-state index in [1.807, 2.05) is 30.9 Å². The summed E-state index contributed by atoms with van der Waals surface area (Å²) in [4.78, 5) is 4.33. The molecule has 17 heavy (non-hydrogen) atoms. The number of aromatic nitrogens is 2. The SMILES string of the molecule is CNC(c1cc(Cl)ccc1Cl)c1nccn1C. The van der Waals surface area contributed by atoms with Crippen molar-refractivity contribution in [2.24, 2.45) is 7.05 Å². The van der Waals surface area contributed by atoms with Crippen molar-refractivity contribution in [2.45, 2.75) is 6.04 Å². The van der Waals surface area contributed by atoms with Gasteiger partial charge in [-0.05, 0) is 30.8 Å². The fourth-order valence-corrected chi connectivity index (χ4v) is 2.22. The Hall–Kier alpha value is -1.03. The minimum Gasteiger partial charge on any atom is -0.336 e. The molecule has 0 bridgehead atoms. The van der Waals surface area contributed by atoms with Crippen LogP contribution in [0.1, 0.15) is 17.4 Å². The van der Waals surface area contributed by atoms with Gasteiger partial charge in [0.1, 0.15) is 5.82 Å². The summed E-state index contributed by atoms with van der Waals surface area (Å²) in [5.74, 6) is 0.900. The third-order valence-electron chi connectivity index (χ3n) is 2.67. The predicted octanol–water partition coefficient (Wildman–Crippen LogP) is 3.04. The summed E-state index contributed by atoms with van der Waals surface area (Å²) in [6.45, 7) is 0. The Kier molecular flexibility index (Phi) is 3.72. The van der Waals surface area contributed by atoms with Crippen molar-refractivity contribution >= 4 is 23.2 Å². The number of nitrogens with one attached hydrogen (secondary N) is 1. The fraction of sp³-hybridized carbons (Fsp3) is 0.250. The average Bonchev–Trinajstić information content (AvgIpc) is 2.71. The van der Waals surface area contributed by atoms with Crippen molar-refractivity contribution in [3.63, 3.8) is 0 Å². The van der Waals surface area contributed by atoms with Gasteiger partial charge in [0.25, 0.3) is 0 Å². The lowest BCUT2D eigenvalue weighted by Crippen LogP contribution is -2.21. The highest BCUT2D eigenvalue weighted by Crippen LogP contribution is 2.29. The van der Waals surface area contributed by atoms with Crippen LogP contribution in [0.2, 0.25) is 10.0 Å².